The number of furan rings is 1. The number of benzene rings is 8. The molecule has 11 aromatic rings. The lowest BCUT2D eigenvalue weighted by Gasteiger charge is -2.12. The lowest BCUT2D eigenvalue weighted by Crippen LogP contribution is -1.93. The van der Waals surface area contributed by atoms with Gasteiger partial charge in [-0.1, -0.05) is 109 Å². The molecule has 51 heavy (non-hydrogen) atoms. The summed E-state index contributed by atoms with van der Waals surface area (Å²) in [6.45, 7) is 0. The first-order valence-electron chi connectivity index (χ1n) is 17.4. The number of para-hydroxylation sites is 5. The smallest absolute Gasteiger partial charge is 0.136 e. The van der Waals surface area contributed by atoms with Crippen molar-refractivity contribution in [2.45, 2.75) is 0 Å². The number of nitrogens with zero attached hydrogens (tertiary/aromatic N) is 2. The van der Waals surface area contributed by atoms with Crippen LogP contribution in [0.1, 0.15) is 0 Å². The Hall–Kier alpha value is -6.84. The van der Waals surface area contributed by atoms with Crippen molar-refractivity contribution in [3.8, 4) is 33.6 Å². The summed E-state index contributed by atoms with van der Waals surface area (Å²) >= 11 is 0. The molecule has 0 bridgehead atoms. The number of rotatable bonds is 4. The topological polar surface area (TPSA) is 23.0 Å². The fourth-order valence-electron chi connectivity index (χ4n) is 8.35. The van der Waals surface area contributed by atoms with Gasteiger partial charge >= 0.3 is 0 Å². The molecule has 0 spiro atoms. The molecule has 0 N–H and O–H groups in total. The van der Waals surface area contributed by atoms with E-state index in [0.717, 1.165) is 50.0 Å². The summed E-state index contributed by atoms with van der Waals surface area (Å²) in [4.78, 5) is 0. The fraction of sp³-hybridized carbons (Fsp3) is 0. The highest BCUT2D eigenvalue weighted by molar-refractivity contribution is 6.19. The third kappa shape index (κ3) is 4.12. The number of aromatic nitrogens is 2. The highest BCUT2D eigenvalue weighted by Crippen LogP contribution is 2.45. The van der Waals surface area contributed by atoms with Crippen molar-refractivity contribution in [3.63, 3.8) is 0 Å². The van der Waals surface area contributed by atoms with E-state index in [0.29, 0.717) is 0 Å². The minimum atomic E-state index is 0.888. The average Bonchev–Trinajstić information content (AvgIpc) is 3.86. The zero-order chi connectivity index (χ0) is 33.5. The molecule has 0 aliphatic heterocycles. The third-order valence-electron chi connectivity index (χ3n) is 10.5. The summed E-state index contributed by atoms with van der Waals surface area (Å²) in [6.07, 6.45) is 0. The highest BCUT2D eigenvalue weighted by atomic mass is 16.3. The molecule has 0 saturated heterocycles. The SMILES string of the molecule is c1ccc(-n2c3ccccc3c3cc(-c4cc(-c5cccc6c5c5ccccc5n6-c5ccccc5)cc5oc6ccccc6c45)ccc32)cc1. The second-order valence-electron chi connectivity index (χ2n) is 13.3. The van der Waals surface area contributed by atoms with Crippen LogP contribution in [0.4, 0.5) is 0 Å². The quantitative estimate of drug-likeness (QED) is 0.186. The Kier molecular flexibility index (Phi) is 5.96. The van der Waals surface area contributed by atoms with Crippen LogP contribution in [0.2, 0.25) is 0 Å². The van der Waals surface area contributed by atoms with Gasteiger partial charge in [-0.25, -0.2) is 0 Å². The van der Waals surface area contributed by atoms with Gasteiger partial charge in [-0.2, -0.15) is 0 Å². The number of fused-ring (bicyclic) bond motifs is 9. The lowest BCUT2D eigenvalue weighted by atomic mass is 9.92. The summed E-state index contributed by atoms with van der Waals surface area (Å²) in [5.74, 6) is 0. The summed E-state index contributed by atoms with van der Waals surface area (Å²) in [7, 11) is 0. The average molecular weight is 651 g/mol. The van der Waals surface area contributed by atoms with E-state index in [1.54, 1.807) is 0 Å². The van der Waals surface area contributed by atoms with Crippen molar-refractivity contribution in [1.29, 1.82) is 0 Å². The summed E-state index contributed by atoms with van der Waals surface area (Å²) < 4.78 is 11.4. The van der Waals surface area contributed by atoms with Crippen LogP contribution < -0.4 is 0 Å². The van der Waals surface area contributed by atoms with Gasteiger partial charge in [-0.15, -0.1) is 0 Å². The lowest BCUT2D eigenvalue weighted by molar-refractivity contribution is 0.669. The standard InChI is InChI=1S/C48H30N2O/c1-3-14-33(15-4-1)49-41-22-10-7-18-36(41)40-28-31(26-27-43(40)49)39-29-32(30-46-48(39)38-20-9-12-25-45(38)51-46)35-21-13-24-44-47(35)37-19-8-11-23-42(37)50(44)34-16-5-2-6-17-34/h1-30H. The Bertz CT molecular complexity index is 3130. The fourth-order valence-corrected chi connectivity index (χ4v) is 8.35. The van der Waals surface area contributed by atoms with Crippen LogP contribution in [0.25, 0.3) is 99.2 Å². The van der Waals surface area contributed by atoms with Gasteiger partial charge in [-0.05, 0) is 95.1 Å². The molecule has 0 radical (unpaired) electrons. The molecule has 3 heterocycles. The van der Waals surface area contributed by atoms with Crippen LogP contribution in [0.5, 0.6) is 0 Å². The van der Waals surface area contributed by atoms with E-state index in [2.05, 4.69) is 191 Å². The molecule has 0 aliphatic rings. The van der Waals surface area contributed by atoms with E-state index in [1.165, 1.54) is 49.2 Å². The van der Waals surface area contributed by atoms with Gasteiger partial charge in [0, 0.05) is 43.7 Å². The first-order chi connectivity index (χ1) is 25.3. The molecule has 0 saturated carbocycles. The van der Waals surface area contributed by atoms with Crippen LogP contribution in [-0.4, -0.2) is 9.13 Å². The van der Waals surface area contributed by atoms with Crippen molar-refractivity contribution in [2.24, 2.45) is 0 Å². The van der Waals surface area contributed by atoms with E-state index in [4.69, 9.17) is 4.42 Å². The van der Waals surface area contributed by atoms with E-state index in [-0.39, 0.29) is 0 Å². The molecule has 3 aromatic heterocycles. The maximum atomic E-state index is 6.66. The Morgan fingerprint density at radius 1 is 0.314 bits per heavy atom. The van der Waals surface area contributed by atoms with Gasteiger partial charge in [0.25, 0.3) is 0 Å². The first kappa shape index (κ1) is 28.0. The largest absolute Gasteiger partial charge is 0.456 e. The Morgan fingerprint density at radius 3 is 1.67 bits per heavy atom. The molecule has 0 fully saturated rings. The molecule has 0 atom stereocenters. The molecular formula is C48H30N2O. The molecule has 8 aromatic carbocycles. The minimum absolute atomic E-state index is 0.888. The summed E-state index contributed by atoms with van der Waals surface area (Å²) in [5, 5.41) is 7.19. The predicted octanol–water partition coefficient (Wildman–Crippen LogP) is 13.1. The number of hydrogen-bond acceptors (Lipinski definition) is 1. The molecule has 238 valence electrons. The van der Waals surface area contributed by atoms with Crippen LogP contribution in [0.3, 0.4) is 0 Å². The molecule has 3 heteroatoms. The van der Waals surface area contributed by atoms with Crippen molar-refractivity contribution in [1.82, 2.24) is 9.13 Å². The van der Waals surface area contributed by atoms with Crippen LogP contribution in [0.15, 0.2) is 186 Å². The second kappa shape index (κ2) is 10.8. The van der Waals surface area contributed by atoms with Crippen LogP contribution in [-0.2, 0) is 0 Å². The van der Waals surface area contributed by atoms with Crippen LogP contribution in [0, 0.1) is 0 Å². The monoisotopic (exact) mass is 650 g/mol. The van der Waals surface area contributed by atoms with Gasteiger partial charge < -0.3 is 13.6 Å². The van der Waals surface area contributed by atoms with Gasteiger partial charge in [0.2, 0.25) is 0 Å². The van der Waals surface area contributed by atoms with Crippen LogP contribution >= 0.6 is 0 Å². The molecule has 11 rings (SSSR count). The van der Waals surface area contributed by atoms with Crippen molar-refractivity contribution in [3.05, 3.63) is 182 Å². The second-order valence-corrected chi connectivity index (χ2v) is 13.3. The predicted molar refractivity (Wildman–Crippen MR) is 213 cm³/mol. The highest BCUT2D eigenvalue weighted by Gasteiger charge is 2.21. The normalized spacial score (nSPS) is 11.9. The van der Waals surface area contributed by atoms with Crippen molar-refractivity contribution >= 4 is 65.6 Å². The van der Waals surface area contributed by atoms with Crippen molar-refractivity contribution in [2.75, 3.05) is 0 Å². The minimum Gasteiger partial charge on any atom is -0.456 e. The van der Waals surface area contributed by atoms with E-state index < -0.39 is 0 Å². The molecule has 3 nitrogen and oxygen atoms in total. The Morgan fingerprint density at radius 2 is 0.902 bits per heavy atom. The first-order valence-corrected chi connectivity index (χ1v) is 17.4. The summed E-state index contributed by atoms with van der Waals surface area (Å²) in [6, 6.07) is 65.4. The summed E-state index contributed by atoms with van der Waals surface area (Å²) in [5.41, 5.74) is 13.5. The van der Waals surface area contributed by atoms with E-state index >= 15 is 0 Å². The van der Waals surface area contributed by atoms with E-state index in [9.17, 15) is 0 Å². The van der Waals surface area contributed by atoms with Gasteiger partial charge in [-0.3, -0.25) is 0 Å². The Labute approximate surface area is 293 Å². The van der Waals surface area contributed by atoms with Gasteiger partial charge in [0.05, 0.1) is 22.1 Å². The van der Waals surface area contributed by atoms with Gasteiger partial charge in [0.1, 0.15) is 11.2 Å². The number of hydrogen-bond donors (Lipinski definition) is 0. The van der Waals surface area contributed by atoms with E-state index in [1.807, 2.05) is 0 Å². The Balaban J connectivity index is 1.21. The van der Waals surface area contributed by atoms with Gasteiger partial charge in [0.15, 0.2) is 0 Å². The molecule has 0 aliphatic carbocycles. The maximum Gasteiger partial charge on any atom is 0.136 e. The van der Waals surface area contributed by atoms with Crippen molar-refractivity contribution < 1.29 is 4.42 Å². The zero-order valence-electron chi connectivity index (χ0n) is 27.6. The molecule has 0 unspecified atom stereocenters. The molecule has 0 amide bonds. The maximum absolute atomic E-state index is 6.66. The third-order valence-corrected chi connectivity index (χ3v) is 10.5. The zero-order valence-corrected chi connectivity index (χ0v) is 27.6. The molecular weight excluding hydrogens is 621 g/mol.